The zero-order chi connectivity index (χ0) is 29.2. The molecule has 0 N–H and O–H groups in total. The summed E-state index contributed by atoms with van der Waals surface area (Å²) in [5, 5.41) is 13.5. The molecule has 1 nitrogen and oxygen atoms in total. The second kappa shape index (κ2) is 17.3. The summed E-state index contributed by atoms with van der Waals surface area (Å²) in [7, 11) is -1.40. The number of hydrogen-bond acceptors (Lipinski definition) is 1. The van der Waals surface area contributed by atoms with Crippen LogP contribution in [0.2, 0.25) is 0 Å². The molecule has 0 saturated carbocycles. The third-order valence-electron chi connectivity index (χ3n) is 7.53. The second-order valence-corrected chi connectivity index (χ2v) is 19.4. The van der Waals surface area contributed by atoms with Gasteiger partial charge in [0, 0.05) is 32.6 Å². The Hall–Kier alpha value is -1.89. The van der Waals surface area contributed by atoms with Gasteiger partial charge in [-0.15, -0.1) is 5.75 Å². The predicted molar refractivity (Wildman–Crippen MR) is 186 cm³/mol. The van der Waals surface area contributed by atoms with E-state index in [1.165, 1.54) is 28.5 Å². The number of para-hydroxylation sites is 1. The summed E-state index contributed by atoms with van der Waals surface area (Å²) < 4.78 is 0. The summed E-state index contributed by atoms with van der Waals surface area (Å²) in [5.74, 6) is 0.0718. The maximum Gasteiger partial charge on any atom is 0.251 e. The Morgan fingerprint density at radius 2 is 0.780 bits per heavy atom. The van der Waals surface area contributed by atoms with Gasteiger partial charge < -0.3 is 5.11 Å². The van der Waals surface area contributed by atoms with Gasteiger partial charge in [0.05, 0.1) is 33.2 Å². The number of rotatable bonds is 9. The molecule has 0 amide bonds. The molecule has 4 aromatic carbocycles. The Morgan fingerprint density at radius 3 is 1.10 bits per heavy atom. The minimum atomic E-state index is -0.701. The van der Waals surface area contributed by atoms with Crippen LogP contribution < -0.4 is 32.1 Å². The van der Waals surface area contributed by atoms with Gasteiger partial charge in [-0.05, 0) is 78.4 Å². The van der Waals surface area contributed by atoms with Gasteiger partial charge in [-0.25, -0.2) is 0 Å². The Bertz CT molecular complexity index is 1220. The van der Waals surface area contributed by atoms with Crippen molar-refractivity contribution in [1.82, 2.24) is 0 Å². The summed E-state index contributed by atoms with van der Waals surface area (Å²) in [6, 6.07) is 38.4. The maximum atomic E-state index is 10.3. The molecule has 219 valence electrons. The van der Waals surface area contributed by atoms with Crippen LogP contribution in [-0.4, -0.2) is 29.3 Å². The molecule has 0 aliphatic heterocycles. The standard InChI is InChI=1S/C30H41BP2.C6H6O.Co/c1-22(2)32(23(3)4)29-20-14-12-18-27(29)31(26-16-10-9-11-17-26)28-19-13-15-21-30(28)33(24(5)6)25(7)8;7-6-4-2-1-3-5-6;/h9-25H,1-8H3;1-5,7H;/p+1. The summed E-state index contributed by atoms with van der Waals surface area (Å²) in [5.41, 5.74) is 7.29. The van der Waals surface area contributed by atoms with Gasteiger partial charge in [0.15, 0.2) is 0 Å². The fraction of sp³-hybridized carbons (Fsp3) is 0.333. The van der Waals surface area contributed by atoms with Crippen LogP contribution in [0.5, 0.6) is 5.75 Å². The van der Waals surface area contributed by atoms with Crippen molar-refractivity contribution in [3.63, 3.8) is 0 Å². The van der Waals surface area contributed by atoms with Crippen molar-refractivity contribution in [2.24, 2.45) is 0 Å². The van der Waals surface area contributed by atoms with Gasteiger partial charge >= 0.3 is 0 Å². The predicted octanol–water partition coefficient (Wildman–Crippen LogP) is 6.27. The summed E-state index contributed by atoms with van der Waals surface area (Å²) in [4.78, 5) is 0. The van der Waals surface area contributed by atoms with Crippen LogP contribution in [0, 0.1) is 0 Å². The first-order valence-electron chi connectivity index (χ1n) is 14.8. The zero-order valence-corrected chi connectivity index (χ0v) is 29.1. The molecule has 0 aromatic heterocycles. The Balaban J connectivity index is 0.000000641. The summed E-state index contributed by atoms with van der Waals surface area (Å²) >= 11 is 0. The molecule has 4 aromatic rings. The van der Waals surface area contributed by atoms with E-state index >= 15 is 0 Å². The minimum Gasteiger partial charge on any atom is -0.872 e. The van der Waals surface area contributed by atoms with E-state index in [4.69, 9.17) is 0 Å². The van der Waals surface area contributed by atoms with Crippen molar-refractivity contribution in [3.8, 4) is 5.75 Å². The van der Waals surface area contributed by atoms with E-state index in [1.54, 1.807) is 22.7 Å². The van der Waals surface area contributed by atoms with Gasteiger partial charge in [-0.2, -0.15) is 0 Å². The monoisotopic (exact) mass is 628 g/mol. The molecular formula is C36H48BCoOP2+. The molecule has 0 heterocycles. The first-order chi connectivity index (χ1) is 19.1. The zero-order valence-electron chi connectivity index (χ0n) is 26.0. The van der Waals surface area contributed by atoms with Crippen LogP contribution in [0.3, 0.4) is 0 Å². The van der Waals surface area contributed by atoms with Gasteiger partial charge in [-0.3, -0.25) is 0 Å². The quantitative estimate of drug-likeness (QED) is 0.158. The van der Waals surface area contributed by atoms with Crippen molar-refractivity contribution in [2.75, 3.05) is 0 Å². The van der Waals surface area contributed by atoms with E-state index in [0.717, 1.165) is 0 Å². The van der Waals surface area contributed by atoms with E-state index in [2.05, 4.69) is 134 Å². The number of hydrogen-bond donors (Lipinski definition) is 0. The van der Waals surface area contributed by atoms with E-state index in [1.807, 2.05) is 6.07 Å². The van der Waals surface area contributed by atoms with E-state index in [-0.39, 0.29) is 29.2 Å². The van der Waals surface area contributed by atoms with E-state index in [9.17, 15) is 5.11 Å². The normalized spacial score (nSPS) is 11.2. The molecule has 0 fully saturated rings. The minimum absolute atomic E-state index is 0. The Morgan fingerprint density at radius 1 is 0.463 bits per heavy atom. The van der Waals surface area contributed by atoms with E-state index < -0.39 is 15.8 Å². The maximum absolute atomic E-state index is 10.3. The van der Waals surface area contributed by atoms with Crippen molar-refractivity contribution in [2.45, 2.75) is 78.0 Å². The van der Waals surface area contributed by atoms with Crippen molar-refractivity contribution >= 4 is 49.6 Å². The molecule has 41 heavy (non-hydrogen) atoms. The molecule has 0 spiro atoms. The van der Waals surface area contributed by atoms with Crippen molar-refractivity contribution in [3.05, 3.63) is 109 Å². The molecule has 0 atom stereocenters. The first-order valence-corrected chi connectivity index (χ1v) is 18.1. The van der Waals surface area contributed by atoms with Crippen LogP contribution in [0.4, 0.5) is 0 Å². The fourth-order valence-corrected chi connectivity index (χ4v) is 13.0. The summed E-state index contributed by atoms with van der Waals surface area (Å²) in [6.07, 6.45) is 0. The molecule has 0 unspecified atom stereocenters. The summed E-state index contributed by atoms with van der Waals surface area (Å²) in [6.45, 7) is 19.7. The SMILES string of the molecule is CC(C)[PH+](c1ccccc1B(c1ccccc1)c1ccccc1[PH+](C(C)C)C(C)C)C(C)C.[Co].[O-]c1ccccc1. The molecule has 0 bridgehead atoms. The van der Waals surface area contributed by atoms with Crippen LogP contribution in [-0.2, 0) is 16.8 Å². The topological polar surface area (TPSA) is 23.1 Å². The average molecular weight is 628 g/mol. The van der Waals surface area contributed by atoms with Crippen LogP contribution in [0.25, 0.3) is 0 Å². The Labute approximate surface area is 263 Å². The smallest absolute Gasteiger partial charge is 0.251 e. The molecule has 4 rings (SSSR count). The molecule has 0 saturated heterocycles. The van der Waals surface area contributed by atoms with Gasteiger partial charge in [0.2, 0.25) is 0 Å². The fourth-order valence-electron chi connectivity index (χ4n) is 6.19. The molecular weight excluding hydrogens is 580 g/mol. The van der Waals surface area contributed by atoms with Crippen molar-refractivity contribution < 1.29 is 21.9 Å². The number of benzene rings is 4. The van der Waals surface area contributed by atoms with Crippen molar-refractivity contribution in [1.29, 1.82) is 0 Å². The van der Waals surface area contributed by atoms with Crippen LogP contribution >= 0.6 is 15.8 Å². The van der Waals surface area contributed by atoms with Gasteiger partial charge in [0.1, 0.15) is 0 Å². The molecule has 5 heteroatoms. The third kappa shape index (κ3) is 9.56. The Kier molecular flexibility index (Phi) is 14.9. The second-order valence-electron chi connectivity index (χ2n) is 11.9. The van der Waals surface area contributed by atoms with Crippen LogP contribution in [0.1, 0.15) is 55.4 Å². The average Bonchev–Trinajstić information content (AvgIpc) is 2.91. The van der Waals surface area contributed by atoms with E-state index in [0.29, 0.717) is 22.6 Å². The van der Waals surface area contributed by atoms with Gasteiger partial charge in [-0.1, -0.05) is 103 Å². The van der Waals surface area contributed by atoms with Gasteiger partial charge in [0.25, 0.3) is 6.71 Å². The first kappa shape index (κ1) is 35.3. The third-order valence-corrected chi connectivity index (χ3v) is 14.7. The van der Waals surface area contributed by atoms with Crippen LogP contribution in [0.15, 0.2) is 109 Å². The molecule has 0 aliphatic carbocycles. The molecule has 1 radical (unpaired) electrons. The molecule has 0 aliphatic rings. The largest absolute Gasteiger partial charge is 0.872 e.